The summed E-state index contributed by atoms with van der Waals surface area (Å²) in [6, 6.07) is 8.72. The fourth-order valence-electron chi connectivity index (χ4n) is 2.82. The lowest BCUT2D eigenvalue weighted by Gasteiger charge is -2.23. The van der Waals surface area contributed by atoms with Crippen LogP contribution in [0.2, 0.25) is 0 Å². The Labute approximate surface area is 115 Å². The third-order valence-electron chi connectivity index (χ3n) is 3.87. The van der Waals surface area contributed by atoms with Gasteiger partial charge in [0.1, 0.15) is 11.5 Å². The minimum absolute atomic E-state index is 0.307. The zero-order chi connectivity index (χ0) is 13.7. The van der Waals surface area contributed by atoms with Crippen LogP contribution in [0.5, 0.6) is 5.75 Å². The molecule has 0 aromatic heterocycles. The molecule has 2 rings (SSSR count). The molecular weight excluding hydrogens is 238 g/mol. The third kappa shape index (κ3) is 4.06. The van der Waals surface area contributed by atoms with Gasteiger partial charge in [-0.1, -0.05) is 12.1 Å². The third-order valence-corrected chi connectivity index (χ3v) is 3.87. The van der Waals surface area contributed by atoms with E-state index in [1.165, 1.54) is 18.4 Å². The summed E-state index contributed by atoms with van der Waals surface area (Å²) in [5, 5.41) is 0. The maximum absolute atomic E-state index is 11.2. The fourth-order valence-corrected chi connectivity index (χ4v) is 2.82. The summed E-state index contributed by atoms with van der Waals surface area (Å²) in [6.07, 6.45) is 4.14. The van der Waals surface area contributed by atoms with E-state index >= 15 is 0 Å². The van der Waals surface area contributed by atoms with Crippen molar-refractivity contribution in [3.8, 4) is 5.75 Å². The van der Waals surface area contributed by atoms with Gasteiger partial charge < -0.3 is 4.74 Å². The quantitative estimate of drug-likeness (QED) is 0.788. The Morgan fingerprint density at radius 1 is 1.37 bits per heavy atom. The van der Waals surface area contributed by atoms with E-state index < -0.39 is 0 Å². The van der Waals surface area contributed by atoms with Crippen LogP contribution in [0.15, 0.2) is 24.3 Å². The fraction of sp³-hybridized carbons (Fsp3) is 0.562. The normalized spacial score (nSPS) is 19.6. The lowest BCUT2D eigenvalue weighted by atomic mass is 10.1. The second kappa shape index (κ2) is 6.71. The molecule has 19 heavy (non-hydrogen) atoms. The van der Waals surface area contributed by atoms with E-state index in [9.17, 15) is 4.79 Å². The average Bonchev–Trinajstić information content (AvgIpc) is 2.83. The largest absolute Gasteiger partial charge is 0.497 e. The van der Waals surface area contributed by atoms with Gasteiger partial charge in [0.15, 0.2) is 0 Å². The van der Waals surface area contributed by atoms with Gasteiger partial charge in [-0.25, -0.2) is 0 Å². The van der Waals surface area contributed by atoms with Crippen molar-refractivity contribution in [2.24, 2.45) is 0 Å². The van der Waals surface area contributed by atoms with Crippen LogP contribution in [0.1, 0.15) is 31.7 Å². The number of carbonyl (C=O) groups is 1. The molecule has 0 amide bonds. The molecule has 1 atom stereocenters. The van der Waals surface area contributed by atoms with Gasteiger partial charge >= 0.3 is 0 Å². The highest BCUT2D eigenvalue weighted by Gasteiger charge is 2.24. The molecule has 1 aromatic carbocycles. The number of hydrogen-bond donors (Lipinski definition) is 0. The minimum atomic E-state index is 0.307. The number of methoxy groups -OCH3 is 1. The van der Waals surface area contributed by atoms with Gasteiger partial charge in [0, 0.05) is 19.0 Å². The van der Waals surface area contributed by atoms with E-state index in [-0.39, 0.29) is 0 Å². The highest BCUT2D eigenvalue weighted by atomic mass is 16.5. The molecule has 0 N–H and O–H groups in total. The van der Waals surface area contributed by atoms with Gasteiger partial charge in [-0.3, -0.25) is 9.69 Å². The maximum Gasteiger partial charge on any atom is 0.131 e. The predicted octanol–water partition coefficient (Wildman–Crippen LogP) is 2.68. The highest BCUT2D eigenvalue weighted by Crippen LogP contribution is 2.21. The summed E-state index contributed by atoms with van der Waals surface area (Å²) < 4.78 is 5.16. The molecule has 1 aliphatic rings. The lowest BCUT2D eigenvalue weighted by molar-refractivity contribution is -0.118. The first-order chi connectivity index (χ1) is 9.19. The average molecular weight is 261 g/mol. The number of ketones is 1. The van der Waals surface area contributed by atoms with E-state index in [0.717, 1.165) is 25.3 Å². The number of hydrogen-bond acceptors (Lipinski definition) is 3. The molecule has 104 valence electrons. The summed E-state index contributed by atoms with van der Waals surface area (Å²) in [5.74, 6) is 1.21. The summed E-state index contributed by atoms with van der Waals surface area (Å²) in [4.78, 5) is 13.7. The molecule has 0 bridgehead atoms. The van der Waals surface area contributed by atoms with Crippen LogP contribution in [-0.2, 0) is 11.2 Å². The lowest BCUT2D eigenvalue weighted by Crippen LogP contribution is -2.32. The van der Waals surface area contributed by atoms with E-state index in [1.807, 2.05) is 12.1 Å². The standard InChI is InChI=1S/C16H23NO2/c1-13(18)12-15-4-3-10-17(15)11-9-14-5-7-16(19-2)8-6-14/h5-8,15H,3-4,9-12H2,1-2H3. The number of likely N-dealkylation sites (tertiary alicyclic amines) is 1. The summed E-state index contributed by atoms with van der Waals surface area (Å²) >= 11 is 0. The second-order valence-corrected chi connectivity index (χ2v) is 5.34. The van der Waals surface area contributed by atoms with E-state index in [2.05, 4.69) is 17.0 Å². The summed E-state index contributed by atoms with van der Waals surface area (Å²) in [7, 11) is 1.69. The zero-order valence-corrected chi connectivity index (χ0v) is 11.9. The highest BCUT2D eigenvalue weighted by molar-refractivity contribution is 5.76. The zero-order valence-electron chi connectivity index (χ0n) is 11.9. The topological polar surface area (TPSA) is 29.5 Å². The Bertz CT molecular complexity index is 413. The molecule has 1 aliphatic heterocycles. The van der Waals surface area contributed by atoms with Gasteiger partial charge in [-0.2, -0.15) is 0 Å². The molecule has 1 unspecified atom stereocenters. The Hall–Kier alpha value is -1.35. The molecule has 1 heterocycles. The molecule has 3 nitrogen and oxygen atoms in total. The van der Waals surface area contributed by atoms with Crippen molar-refractivity contribution in [1.82, 2.24) is 4.90 Å². The first kappa shape index (κ1) is 14.1. The van der Waals surface area contributed by atoms with Crippen molar-refractivity contribution < 1.29 is 9.53 Å². The second-order valence-electron chi connectivity index (χ2n) is 5.34. The molecule has 1 saturated heterocycles. The number of ether oxygens (including phenoxy) is 1. The SMILES string of the molecule is COc1ccc(CCN2CCCC2CC(C)=O)cc1. The number of rotatable bonds is 6. The number of carbonyl (C=O) groups excluding carboxylic acids is 1. The van der Waals surface area contributed by atoms with E-state index in [4.69, 9.17) is 4.74 Å². The maximum atomic E-state index is 11.2. The first-order valence-electron chi connectivity index (χ1n) is 7.05. The van der Waals surface area contributed by atoms with Crippen molar-refractivity contribution in [1.29, 1.82) is 0 Å². The Morgan fingerprint density at radius 2 is 2.11 bits per heavy atom. The van der Waals surface area contributed by atoms with Crippen LogP contribution >= 0.6 is 0 Å². The van der Waals surface area contributed by atoms with Gasteiger partial charge in [0.25, 0.3) is 0 Å². The molecule has 1 aromatic rings. The van der Waals surface area contributed by atoms with Crippen molar-refractivity contribution in [3.63, 3.8) is 0 Å². The monoisotopic (exact) mass is 261 g/mol. The van der Waals surface area contributed by atoms with Crippen molar-refractivity contribution in [2.75, 3.05) is 20.2 Å². The molecule has 0 radical (unpaired) electrons. The molecule has 0 saturated carbocycles. The number of nitrogens with zero attached hydrogens (tertiary/aromatic N) is 1. The summed E-state index contributed by atoms with van der Waals surface area (Å²) in [5.41, 5.74) is 1.33. The molecule has 0 aliphatic carbocycles. The van der Waals surface area contributed by atoms with Crippen molar-refractivity contribution in [2.45, 2.75) is 38.6 Å². The Kier molecular flexibility index (Phi) is 4.97. The number of Topliss-reactive ketones (excluding diaryl/α,β-unsaturated/α-hetero) is 1. The van der Waals surface area contributed by atoms with Crippen LogP contribution in [0.25, 0.3) is 0 Å². The van der Waals surface area contributed by atoms with Gasteiger partial charge in [-0.05, 0) is 50.4 Å². The molecule has 1 fully saturated rings. The van der Waals surface area contributed by atoms with Crippen LogP contribution in [-0.4, -0.2) is 36.9 Å². The predicted molar refractivity (Wildman–Crippen MR) is 76.6 cm³/mol. The van der Waals surface area contributed by atoms with Crippen LogP contribution in [0.3, 0.4) is 0 Å². The van der Waals surface area contributed by atoms with Crippen molar-refractivity contribution in [3.05, 3.63) is 29.8 Å². The Balaban J connectivity index is 1.85. The van der Waals surface area contributed by atoms with Crippen LogP contribution in [0.4, 0.5) is 0 Å². The van der Waals surface area contributed by atoms with Crippen LogP contribution < -0.4 is 4.74 Å². The molecule has 0 spiro atoms. The van der Waals surface area contributed by atoms with Crippen LogP contribution in [0, 0.1) is 0 Å². The van der Waals surface area contributed by atoms with E-state index in [0.29, 0.717) is 18.2 Å². The first-order valence-corrected chi connectivity index (χ1v) is 7.05. The number of benzene rings is 1. The van der Waals surface area contributed by atoms with Gasteiger partial charge in [-0.15, -0.1) is 0 Å². The van der Waals surface area contributed by atoms with Gasteiger partial charge in [0.2, 0.25) is 0 Å². The Morgan fingerprint density at radius 3 is 2.74 bits per heavy atom. The minimum Gasteiger partial charge on any atom is -0.497 e. The van der Waals surface area contributed by atoms with Gasteiger partial charge in [0.05, 0.1) is 7.11 Å². The molecule has 3 heteroatoms. The molecular formula is C16H23NO2. The summed E-state index contributed by atoms with van der Waals surface area (Å²) in [6.45, 7) is 3.87. The van der Waals surface area contributed by atoms with E-state index in [1.54, 1.807) is 14.0 Å². The smallest absolute Gasteiger partial charge is 0.131 e. The van der Waals surface area contributed by atoms with Crippen molar-refractivity contribution >= 4 is 5.78 Å².